The van der Waals surface area contributed by atoms with E-state index in [1.165, 1.54) is 12.1 Å². The maximum Gasteiger partial charge on any atom is 0.143 e. The summed E-state index contributed by atoms with van der Waals surface area (Å²) in [4.78, 5) is 9.30. The molecule has 0 unspecified atom stereocenters. The number of rotatable bonds is 6. The standard InChI is InChI=1S/C31H26FN5O/c1-20-17-36(19-34-20)26-14-10-23(16-28(26)38-2)25-13-15-27-30(29(25)33)35-31(22-8-11-24(32)12-9-22)37(27)18-21-6-4-3-5-7-21/h3-17,19H,18,33H2,1-2H3. The van der Waals surface area contributed by atoms with Crippen LogP contribution in [-0.2, 0) is 6.54 Å². The van der Waals surface area contributed by atoms with Gasteiger partial charge in [0.05, 0.1) is 36.0 Å². The molecule has 0 aliphatic heterocycles. The summed E-state index contributed by atoms with van der Waals surface area (Å²) in [6, 6.07) is 26.6. The van der Waals surface area contributed by atoms with Crippen molar-refractivity contribution in [2.75, 3.05) is 12.8 Å². The zero-order valence-corrected chi connectivity index (χ0v) is 21.1. The summed E-state index contributed by atoms with van der Waals surface area (Å²) in [6.45, 7) is 2.56. The number of nitrogens with zero attached hydrogens (tertiary/aromatic N) is 4. The Morgan fingerprint density at radius 3 is 2.39 bits per heavy atom. The molecule has 6 nitrogen and oxygen atoms in total. The van der Waals surface area contributed by atoms with Gasteiger partial charge in [-0.05, 0) is 60.5 Å². The highest BCUT2D eigenvalue weighted by Gasteiger charge is 2.18. The van der Waals surface area contributed by atoms with Crippen LogP contribution < -0.4 is 10.5 Å². The number of nitrogen functional groups attached to an aromatic ring is 1. The number of fused-ring (bicyclic) bond motifs is 1. The van der Waals surface area contributed by atoms with Gasteiger partial charge in [0.25, 0.3) is 0 Å². The van der Waals surface area contributed by atoms with Crippen LogP contribution in [-0.4, -0.2) is 26.2 Å². The molecule has 6 aromatic rings. The zero-order chi connectivity index (χ0) is 26.2. The fourth-order valence-corrected chi connectivity index (χ4v) is 4.82. The number of benzene rings is 4. The summed E-state index contributed by atoms with van der Waals surface area (Å²) in [5.41, 5.74) is 14.5. The average Bonchev–Trinajstić information content (AvgIpc) is 3.54. The number of aryl methyl sites for hydroxylation is 1. The highest BCUT2D eigenvalue weighted by Crippen LogP contribution is 2.38. The Bertz CT molecular complexity index is 1750. The van der Waals surface area contributed by atoms with E-state index in [4.69, 9.17) is 15.5 Å². The van der Waals surface area contributed by atoms with E-state index in [1.54, 1.807) is 25.6 Å². The van der Waals surface area contributed by atoms with E-state index in [1.807, 2.05) is 66.2 Å². The Balaban J connectivity index is 1.49. The lowest BCUT2D eigenvalue weighted by atomic mass is 10.0. The van der Waals surface area contributed by atoms with Crippen molar-refractivity contribution in [1.82, 2.24) is 19.1 Å². The van der Waals surface area contributed by atoms with E-state index in [-0.39, 0.29) is 5.82 Å². The topological polar surface area (TPSA) is 70.9 Å². The highest BCUT2D eigenvalue weighted by atomic mass is 19.1. The Kier molecular flexibility index (Phi) is 5.88. The molecule has 188 valence electrons. The van der Waals surface area contributed by atoms with Crippen LogP contribution in [0.25, 0.3) is 39.2 Å². The Morgan fingerprint density at radius 1 is 0.921 bits per heavy atom. The van der Waals surface area contributed by atoms with Crippen LogP contribution >= 0.6 is 0 Å². The predicted molar refractivity (Wildman–Crippen MR) is 149 cm³/mol. The van der Waals surface area contributed by atoms with Crippen LogP contribution in [0.15, 0.2) is 97.5 Å². The van der Waals surface area contributed by atoms with Crippen molar-refractivity contribution in [2.45, 2.75) is 13.5 Å². The van der Waals surface area contributed by atoms with E-state index in [0.717, 1.165) is 45.0 Å². The van der Waals surface area contributed by atoms with Crippen molar-refractivity contribution in [1.29, 1.82) is 0 Å². The molecule has 2 aromatic heterocycles. The second kappa shape index (κ2) is 9.52. The molecule has 0 fully saturated rings. The molecule has 4 aromatic carbocycles. The van der Waals surface area contributed by atoms with Crippen LogP contribution in [0.5, 0.6) is 5.75 Å². The third-order valence-corrected chi connectivity index (χ3v) is 6.73. The number of hydrogen-bond acceptors (Lipinski definition) is 4. The van der Waals surface area contributed by atoms with Gasteiger partial charge in [-0.15, -0.1) is 0 Å². The molecule has 7 heteroatoms. The molecule has 0 amide bonds. The molecule has 2 N–H and O–H groups in total. The third kappa shape index (κ3) is 4.18. The van der Waals surface area contributed by atoms with E-state index >= 15 is 0 Å². The van der Waals surface area contributed by atoms with Gasteiger partial charge in [0.1, 0.15) is 22.9 Å². The quantitative estimate of drug-likeness (QED) is 0.259. The van der Waals surface area contributed by atoms with Gasteiger partial charge in [-0.1, -0.05) is 42.5 Å². The number of methoxy groups -OCH3 is 1. The Hall–Kier alpha value is -4.91. The van der Waals surface area contributed by atoms with Crippen LogP contribution in [0.1, 0.15) is 11.3 Å². The number of anilines is 1. The minimum atomic E-state index is -0.287. The number of aromatic nitrogens is 4. The van der Waals surface area contributed by atoms with Gasteiger partial charge in [0, 0.05) is 23.9 Å². The molecule has 0 saturated heterocycles. The van der Waals surface area contributed by atoms with Gasteiger partial charge in [-0.2, -0.15) is 0 Å². The van der Waals surface area contributed by atoms with Crippen LogP contribution in [0, 0.1) is 12.7 Å². The number of ether oxygens (including phenoxy) is 1. The molecular weight excluding hydrogens is 477 g/mol. The molecule has 0 aliphatic carbocycles. The van der Waals surface area contributed by atoms with Gasteiger partial charge < -0.3 is 19.6 Å². The van der Waals surface area contributed by atoms with Gasteiger partial charge in [0.15, 0.2) is 0 Å². The maximum atomic E-state index is 13.7. The number of nitrogens with two attached hydrogens (primary N) is 1. The minimum absolute atomic E-state index is 0.287. The summed E-state index contributed by atoms with van der Waals surface area (Å²) >= 11 is 0. The van der Waals surface area contributed by atoms with E-state index in [2.05, 4.69) is 21.7 Å². The first-order valence-corrected chi connectivity index (χ1v) is 12.3. The van der Waals surface area contributed by atoms with E-state index in [0.29, 0.717) is 23.5 Å². The second-order valence-electron chi connectivity index (χ2n) is 9.22. The third-order valence-electron chi connectivity index (χ3n) is 6.73. The lowest BCUT2D eigenvalue weighted by Gasteiger charge is -2.13. The van der Waals surface area contributed by atoms with Gasteiger partial charge >= 0.3 is 0 Å². The first-order chi connectivity index (χ1) is 18.5. The molecule has 0 aliphatic rings. The molecule has 0 bridgehead atoms. The van der Waals surface area contributed by atoms with Crippen molar-refractivity contribution in [3.05, 3.63) is 115 Å². The van der Waals surface area contributed by atoms with Crippen molar-refractivity contribution >= 4 is 16.7 Å². The Labute approximate surface area is 219 Å². The van der Waals surface area contributed by atoms with Crippen molar-refractivity contribution < 1.29 is 9.13 Å². The van der Waals surface area contributed by atoms with Crippen molar-refractivity contribution in [2.24, 2.45) is 0 Å². The molecule has 6 rings (SSSR count). The first-order valence-electron chi connectivity index (χ1n) is 12.3. The lowest BCUT2D eigenvalue weighted by molar-refractivity contribution is 0.413. The summed E-state index contributed by atoms with van der Waals surface area (Å²) in [7, 11) is 1.65. The zero-order valence-electron chi connectivity index (χ0n) is 21.1. The van der Waals surface area contributed by atoms with Crippen molar-refractivity contribution in [3.63, 3.8) is 0 Å². The monoisotopic (exact) mass is 503 g/mol. The fraction of sp³-hybridized carbons (Fsp3) is 0.0968. The summed E-state index contributed by atoms with van der Waals surface area (Å²) in [5, 5.41) is 0. The molecular formula is C31H26FN5O. The molecule has 0 saturated carbocycles. The SMILES string of the molecule is COc1cc(-c2ccc3c(nc(-c4ccc(F)cc4)n3Cc3ccccc3)c2N)ccc1-n1cnc(C)c1. The molecule has 2 heterocycles. The van der Waals surface area contributed by atoms with Crippen molar-refractivity contribution in [3.8, 4) is 34.0 Å². The largest absolute Gasteiger partial charge is 0.495 e. The predicted octanol–water partition coefficient (Wildman–Crippen LogP) is 6.64. The normalized spacial score (nSPS) is 11.2. The molecule has 38 heavy (non-hydrogen) atoms. The van der Waals surface area contributed by atoms with Crippen LogP contribution in [0.4, 0.5) is 10.1 Å². The molecule has 0 atom stereocenters. The summed E-state index contributed by atoms with van der Waals surface area (Å²) < 4.78 is 23.5. The molecule has 0 spiro atoms. The smallest absolute Gasteiger partial charge is 0.143 e. The van der Waals surface area contributed by atoms with E-state index in [9.17, 15) is 4.39 Å². The van der Waals surface area contributed by atoms with Gasteiger partial charge in [-0.25, -0.2) is 14.4 Å². The van der Waals surface area contributed by atoms with Gasteiger partial charge in [-0.3, -0.25) is 0 Å². The number of hydrogen-bond donors (Lipinski definition) is 1. The maximum absolute atomic E-state index is 13.7. The second-order valence-corrected chi connectivity index (χ2v) is 9.22. The first kappa shape index (κ1) is 23.5. The van der Waals surface area contributed by atoms with Crippen LogP contribution in [0.3, 0.4) is 0 Å². The summed E-state index contributed by atoms with van der Waals surface area (Å²) in [6.07, 6.45) is 3.72. The number of halogens is 1. The fourth-order valence-electron chi connectivity index (χ4n) is 4.82. The van der Waals surface area contributed by atoms with E-state index < -0.39 is 0 Å². The lowest BCUT2D eigenvalue weighted by Crippen LogP contribution is -2.02. The van der Waals surface area contributed by atoms with Crippen LogP contribution in [0.2, 0.25) is 0 Å². The number of imidazole rings is 2. The van der Waals surface area contributed by atoms with Gasteiger partial charge in [0.2, 0.25) is 0 Å². The minimum Gasteiger partial charge on any atom is -0.495 e. The summed E-state index contributed by atoms with van der Waals surface area (Å²) in [5.74, 6) is 1.15. The average molecular weight is 504 g/mol. The molecule has 0 radical (unpaired) electrons. The highest BCUT2D eigenvalue weighted by molar-refractivity contribution is 5.98. The Morgan fingerprint density at radius 2 is 1.68 bits per heavy atom.